The van der Waals surface area contributed by atoms with Gasteiger partial charge >= 0.3 is 0 Å². The zero-order valence-electron chi connectivity index (χ0n) is 19.5. The first-order chi connectivity index (χ1) is 17.2. The summed E-state index contributed by atoms with van der Waals surface area (Å²) in [5.41, 5.74) is 0.297. The highest BCUT2D eigenvalue weighted by Crippen LogP contribution is 2.27. The number of terminal acetylenes is 1. The van der Waals surface area contributed by atoms with Gasteiger partial charge in [0, 0.05) is 35.1 Å². The summed E-state index contributed by atoms with van der Waals surface area (Å²) in [5.74, 6) is 1.87. The lowest BCUT2D eigenvalue weighted by molar-refractivity contribution is -0.126. The van der Waals surface area contributed by atoms with Crippen LogP contribution in [0.25, 0.3) is 0 Å². The van der Waals surface area contributed by atoms with Gasteiger partial charge in [-0.05, 0) is 61.7 Å². The van der Waals surface area contributed by atoms with Crippen LogP contribution in [-0.2, 0) is 14.6 Å². The molecule has 1 aliphatic rings. The summed E-state index contributed by atoms with van der Waals surface area (Å²) in [4.78, 5) is 27.6. The SMILES string of the molecule is C#CCOc1ccc(Cl)cc1C(=O)N1CCCC(C(=O)NCC/C=C/S(=O)(=O)c2ccc(Cl)cc2)C1. The van der Waals surface area contributed by atoms with Gasteiger partial charge < -0.3 is 15.0 Å². The number of likely N-dealkylation sites (tertiary alicyclic amines) is 1. The van der Waals surface area contributed by atoms with E-state index in [4.69, 9.17) is 34.4 Å². The van der Waals surface area contributed by atoms with Gasteiger partial charge in [-0.3, -0.25) is 9.59 Å². The summed E-state index contributed by atoms with van der Waals surface area (Å²) >= 11 is 11.9. The fraction of sp³-hybridized carbons (Fsp3) is 0.308. The van der Waals surface area contributed by atoms with Crippen molar-refractivity contribution in [1.82, 2.24) is 10.2 Å². The average Bonchev–Trinajstić information content (AvgIpc) is 2.87. The van der Waals surface area contributed by atoms with Crippen LogP contribution >= 0.6 is 23.2 Å². The molecule has 10 heteroatoms. The zero-order chi connectivity index (χ0) is 26.1. The number of hydrogen-bond donors (Lipinski definition) is 1. The number of nitrogens with one attached hydrogen (secondary N) is 1. The van der Waals surface area contributed by atoms with Gasteiger partial charge in [-0.2, -0.15) is 0 Å². The Morgan fingerprint density at radius 3 is 2.61 bits per heavy atom. The monoisotopic (exact) mass is 548 g/mol. The lowest BCUT2D eigenvalue weighted by atomic mass is 9.96. The van der Waals surface area contributed by atoms with Crippen molar-refractivity contribution in [3.8, 4) is 18.1 Å². The Balaban J connectivity index is 1.53. The van der Waals surface area contributed by atoms with E-state index in [-0.39, 0.29) is 42.3 Å². The normalized spacial score (nSPS) is 15.9. The number of halogens is 2. The Bertz CT molecular complexity index is 1270. The Morgan fingerprint density at radius 2 is 1.89 bits per heavy atom. The average molecular weight is 549 g/mol. The van der Waals surface area contributed by atoms with Crippen molar-refractivity contribution in [2.75, 3.05) is 26.2 Å². The Kier molecular flexibility index (Phi) is 9.82. The van der Waals surface area contributed by atoms with Gasteiger partial charge in [-0.1, -0.05) is 35.2 Å². The van der Waals surface area contributed by atoms with Crippen molar-refractivity contribution < 1.29 is 22.7 Å². The zero-order valence-corrected chi connectivity index (χ0v) is 21.8. The maximum atomic E-state index is 13.2. The minimum absolute atomic E-state index is 0.0163. The Labute approximate surface area is 221 Å². The van der Waals surface area contributed by atoms with Gasteiger partial charge in [0.25, 0.3) is 5.91 Å². The number of piperidine rings is 1. The number of nitrogens with zero attached hydrogens (tertiary/aromatic N) is 1. The molecule has 0 spiro atoms. The Morgan fingerprint density at radius 1 is 1.17 bits per heavy atom. The topological polar surface area (TPSA) is 92.8 Å². The number of hydrogen-bond acceptors (Lipinski definition) is 5. The van der Waals surface area contributed by atoms with Crippen LogP contribution in [0, 0.1) is 18.3 Å². The van der Waals surface area contributed by atoms with E-state index in [0.717, 1.165) is 5.41 Å². The van der Waals surface area contributed by atoms with Crippen LogP contribution in [0.1, 0.15) is 29.6 Å². The number of amides is 2. The second-order valence-electron chi connectivity index (χ2n) is 8.17. The molecule has 190 valence electrons. The predicted molar refractivity (Wildman–Crippen MR) is 140 cm³/mol. The van der Waals surface area contributed by atoms with E-state index in [2.05, 4.69) is 11.2 Å². The molecule has 7 nitrogen and oxygen atoms in total. The third kappa shape index (κ3) is 7.50. The summed E-state index contributed by atoms with van der Waals surface area (Å²) in [6.45, 7) is 1.05. The summed E-state index contributed by atoms with van der Waals surface area (Å²) in [7, 11) is -3.58. The van der Waals surface area contributed by atoms with E-state index in [1.165, 1.54) is 36.4 Å². The van der Waals surface area contributed by atoms with Crippen LogP contribution in [0.2, 0.25) is 10.0 Å². The molecule has 1 atom stereocenters. The molecular formula is C26H26Cl2N2O5S. The molecular weight excluding hydrogens is 523 g/mol. The van der Waals surface area contributed by atoms with Gasteiger partial charge in [-0.15, -0.1) is 6.42 Å². The molecule has 0 radical (unpaired) electrons. The van der Waals surface area contributed by atoms with Gasteiger partial charge in [0.05, 0.1) is 16.4 Å². The van der Waals surface area contributed by atoms with Crippen LogP contribution < -0.4 is 10.1 Å². The molecule has 2 aromatic rings. The number of carbonyl (C=O) groups is 2. The number of sulfone groups is 1. The molecule has 1 aliphatic heterocycles. The molecule has 36 heavy (non-hydrogen) atoms. The Hall–Kier alpha value is -2.99. The standard InChI is InChI=1S/C26H26Cl2N2O5S/c1-2-15-35-24-12-9-21(28)17-23(24)26(32)30-14-5-6-19(18-30)25(31)29-13-3-4-16-36(33,34)22-10-7-20(27)8-11-22/h1,4,7-12,16-17,19H,3,5-6,13-15,18H2,(H,29,31)/b16-4+. The fourth-order valence-corrected chi connectivity index (χ4v) is 5.14. The van der Waals surface area contributed by atoms with Crippen molar-refractivity contribution in [2.24, 2.45) is 5.92 Å². The third-order valence-electron chi connectivity index (χ3n) is 5.59. The second-order valence-corrected chi connectivity index (χ2v) is 10.9. The van der Waals surface area contributed by atoms with Gasteiger partial charge in [0.2, 0.25) is 5.91 Å². The van der Waals surface area contributed by atoms with Crippen LogP contribution in [-0.4, -0.2) is 51.4 Å². The van der Waals surface area contributed by atoms with Crippen molar-refractivity contribution >= 4 is 44.9 Å². The maximum absolute atomic E-state index is 13.2. The number of carbonyl (C=O) groups excluding carboxylic acids is 2. The first-order valence-corrected chi connectivity index (χ1v) is 13.6. The predicted octanol–water partition coefficient (Wildman–Crippen LogP) is 4.35. The summed E-state index contributed by atoms with van der Waals surface area (Å²) in [6, 6.07) is 10.6. The van der Waals surface area contributed by atoms with E-state index in [1.807, 2.05) is 0 Å². The highest BCUT2D eigenvalue weighted by atomic mass is 35.5. The summed E-state index contributed by atoms with van der Waals surface area (Å²) < 4.78 is 30.1. The molecule has 1 saturated heterocycles. The van der Waals surface area contributed by atoms with Crippen molar-refractivity contribution in [3.05, 3.63) is 69.6 Å². The van der Waals surface area contributed by atoms with Crippen molar-refractivity contribution in [1.29, 1.82) is 0 Å². The van der Waals surface area contributed by atoms with Crippen molar-refractivity contribution in [2.45, 2.75) is 24.2 Å². The summed E-state index contributed by atoms with van der Waals surface area (Å²) in [6.07, 6.45) is 8.41. The minimum atomic E-state index is -3.58. The highest BCUT2D eigenvalue weighted by molar-refractivity contribution is 7.94. The molecule has 0 aromatic heterocycles. The molecule has 1 heterocycles. The summed E-state index contributed by atoms with van der Waals surface area (Å²) in [5, 5.41) is 4.79. The van der Waals surface area contributed by atoms with E-state index in [0.29, 0.717) is 47.2 Å². The van der Waals surface area contributed by atoms with E-state index in [1.54, 1.807) is 17.0 Å². The molecule has 1 fully saturated rings. The molecule has 2 amide bonds. The molecule has 3 rings (SSSR count). The number of benzene rings is 2. The fourth-order valence-electron chi connectivity index (χ4n) is 3.78. The molecule has 2 aromatic carbocycles. The highest BCUT2D eigenvalue weighted by Gasteiger charge is 2.30. The maximum Gasteiger partial charge on any atom is 0.257 e. The van der Waals surface area contributed by atoms with E-state index < -0.39 is 9.84 Å². The first kappa shape index (κ1) is 27.6. The molecule has 1 N–H and O–H groups in total. The van der Waals surface area contributed by atoms with Gasteiger partial charge in [0.15, 0.2) is 9.84 Å². The quantitative estimate of drug-likeness (QED) is 0.371. The van der Waals surface area contributed by atoms with Crippen LogP contribution in [0.15, 0.2) is 58.8 Å². The number of rotatable bonds is 9. The van der Waals surface area contributed by atoms with E-state index in [9.17, 15) is 18.0 Å². The van der Waals surface area contributed by atoms with Crippen LogP contribution in [0.4, 0.5) is 0 Å². The smallest absolute Gasteiger partial charge is 0.257 e. The first-order valence-electron chi connectivity index (χ1n) is 11.3. The van der Waals surface area contributed by atoms with Gasteiger partial charge in [-0.25, -0.2) is 8.42 Å². The molecule has 1 unspecified atom stereocenters. The molecule has 0 saturated carbocycles. The lowest BCUT2D eigenvalue weighted by Gasteiger charge is -2.32. The largest absolute Gasteiger partial charge is 0.480 e. The third-order valence-corrected chi connectivity index (χ3v) is 7.56. The minimum Gasteiger partial charge on any atom is -0.480 e. The van der Waals surface area contributed by atoms with E-state index >= 15 is 0 Å². The molecule has 0 aliphatic carbocycles. The molecule has 0 bridgehead atoms. The van der Waals surface area contributed by atoms with Gasteiger partial charge in [0.1, 0.15) is 12.4 Å². The van der Waals surface area contributed by atoms with Crippen LogP contribution in [0.5, 0.6) is 5.75 Å². The second kappa shape index (κ2) is 12.8. The van der Waals surface area contributed by atoms with Crippen molar-refractivity contribution in [3.63, 3.8) is 0 Å². The number of ether oxygens (including phenoxy) is 1. The van der Waals surface area contributed by atoms with Crippen LogP contribution in [0.3, 0.4) is 0 Å². The lowest BCUT2D eigenvalue weighted by Crippen LogP contribution is -2.45.